The topological polar surface area (TPSA) is 48.4 Å². The number of carbonyl (C=O) groups excluding carboxylic acids is 1. The van der Waals surface area contributed by atoms with Gasteiger partial charge in [0.15, 0.2) is 11.6 Å². The fourth-order valence-corrected chi connectivity index (χ4v) is 4.31. The first-order chi connectivity index (χ1) is 17.6. The number of esters is 1. The molecule has 1 heterocycles. The molecule has 0 N–H and O–H groups in total. The zero-order valence-corrected chi connectivity index (χ0v) is 20.4. The summed E-state index contributed by atoms with van der Waals surface area (Å²) in [6.45, 7) is 1.45. The van der Waals surface area contributed by atoms with E-state index in [1.54, 1.807) is 25.1 Å². The van der Waals surface area contributed by atoms with Gasteiger partial charge in [0.05, 0.1) is 17.9 Å². The van der Waals surface area contributed by atoms with Crippen molar-refractivity contribution in [3.05, 3.63) is 93.3 Å². The van der Waals surface area contributed by atoms with Gasteiger partial charge in [-0.15, -0.1) is 0 Å². The standard InChI is InChI=1S/C27H21ClF5NO3/c1-2-36-26(35)24-12-16(27(31,32)33)11-23(34-24)19-5-3-4-18(19)20-13-17(28)7-9-25(20)37-14-15-6-8-21(29)22(30)10-15/h6-13H,2-5,14H2,1H3. The van der Waals surface area contributed by atoms with Crippen molar-refractivity contribution in [2.24, 2.45) is 0 Å². The number of alkyl halides is 3. The number of aromatic nitrogens is 1. The molecule has 10 heteroatoms. The number of allylic oxidation sites excluding steroid dienone is 2. The van der Waals surface area contributed by atoms with Crippen LogP contribution in [0.15, 0.2) is 48.5 Å². The number of carbonyl (C=O) groups is 1. The van der Waals surface area contributed by atoms with Crippen LogP contribution >= 0.6 is 11.6 Å². The van der Waals surface area contributed by atoms with Gasteiger partial charge in [-0.25, -0.2) is 18.6 Å². The minimum Gasteiger partial charge on any atom is -0.488 e. The number of halogens is 6. The third-order valence-electron chi connectivity index (χ3n) is 5.81. The summed E-state index contributed by atoms with van der Waals surface area (Å²) >= 11 is 6.24. The lowest BCUT2D eigenvalue weighted by Crippen LogP contribution is -2.13. The number of nitrogens with zero attached hydrogens (tertiary/aromatic N) is 1. The molecule has 0 spiro atoms. The molecule has 4 rings (SSSR count). The molecule has 37 heavy (non-hydrogen) atoms. The van der Waals surface area contributed by atoms with E-state index in [0.29, 0.717) is 58.4 Å². The smallest absolute Gasteiger partial charge is 0.416 e. The Kier molecular flexibility index (Phi) is 7.82. The van der Waals surface area contributed by atoms with Crippen LogP contribution in [0.3, 0.4) is 0 Å². The van der Waals surface area contributed by atoms with E-state index in [9.17, 15) is 26.7 Å². The largest absolute Gasteiger partial charge is 0.488 e. The van der Waals surface area contributed by atoms with Gasteiger partial charge in [0.1, 0.15) is 18.1 Å². The summed E-state index contributed by atoms with van der Waals surface area (Å²) in [4.78, 5) is 16.5. The second-order valence-corrected chi connectivity index (χ2v) is 8.77. The molecule has 0 saturated carbocycles. The summed E-state index contributed by atoms with van der Waals surface area (Å²) in [5.74, 6) is -2.58. The predicted octanol–water partition coefficient (Wildman–Crippen LogP) is 7.88. The third kappa shape index (κ3) is 6.10. The highest BCUT2D eigenvalue weighted by Crippen LogP contribution is 2.44. The molecule has 0 saturated heterocycles. The summed E-state index contributed by atoms with van der Waals surface area (Å²) in [5.41, 5.74) is 0.683. The van der Waals surface area contributed by atoms with E-state index in [1.807, 2.05) is 0 Å². The quantitative estimate of drug-likeness (QED) is 0.227. The molecule has 4 nitrogen and oxygen atoms in total. The highest BCUT2D eigenvalue weighted by molar-refractivity contribution is 6.30. The lowest BCUT2D eigenvalue weighted by molar-refractivity contribution is -0.137. The van der Waals surface area contributed by atoms with Gasteiger partial charge in [0.25, 0.3) is 0 Å². The lowest BCUT2D eigenvalue weighted by atomic mass is 9.98. The van der Waals surface area contributed by atoms with Crippen LogP contribution in [-0.4, -0.2) is 17.6 Å². The van der Waals surface area contributed by atoms with Crippen LogP contribution in [0.2, 0.25) is 5.02 Å². The van der Waals surface area contributed by atoms with Crippen molar-refractivity contribution in [3.8, 4) is 5.75 Å². The fraction of sp³-hybridized carbons (Fsp3) is 0.259. The number of ether oxygens (including phenoxy) is 2. The summed E-state index contributed by atoms with van der Waals surface area (Å²) in [5, 5.41) is 0.373. The monoisotopic (exact) mass is 537 g/mol. The van der Waals surface area contributed by atoms with Crippen molar-refractivity contribution in [2.45, 2.75) is 39.0 Å². The Morgan fingerprint density at radius 3 is 2.46 bits per heavy atom. The van der Waals surface area contributed by atoms with Crippen molar-refractivity contribution in [1.82, 2.24) is 4.98 Å². The van der Waals surface area contributed by atoms with Gasteiger partial charge >= 0.3 is 12.1 Å². The van der Waals surface area contributed by atoms with Crippen LogP contribution in [0.4, 0.5) is 22.0 Å². The maximum Gasteiger partial charge on any atom is 0.416 e. The Morgan fingerprint density at radius 1 is 1.00 bits per heavy atom. The molecular weight excluding hydrogens is 517 g/mol. The Hall–Kier alpha value is -3.46. The molecule has 1 aliphatic carbocycles. The number of benzene rings is 2. The molecule has 2 aromatic carbocycles. The van der Waals surface area contributed by atoms with Crippen molar-refractivity contribution in [1.29, 1.82) is 0 Å². The Balaban J connectivity index is 1.77. The first-order valence-electron chi connectivity index (χ1n) is 11.4. The first-order valence-corrected chi connectivity index (χ1v) is 11.8. The Labute approximate surface area is 214 Å². The molecule has 3 aromatic rings. The molecule has 1 aromatic heterocycles. The summed E-state index contributed by atoms with van der Waals surface area (Å²) < 4.78 is 78.6. The predicted molar refractivity (Wildman–Crippen MR) is 128 cm³/mol. The van der Waals surface area contributed by atoms with E-state index in [4.69, 9.17) is 21.1 Å². The van der Waals surface area contributed by atoms with Crippen LogP contribution in [0, 0.1) is 11.6 Å². The average molecular weight is 538 g/mol. The van der Waals surface area contributed by atoms with Gasteiger partial charge < -0.3 is 9.47 Å². The van der Waals surface area contributed by atoms with Gasteiger partial charge in [-0.1, -0.05) is 17.7 Å². The van der Waals surface area contributed by atoms with Crippen LogP contribution in [-0.2, 0) is 17.5 Å². The molecule has 0 bridgehead atoms. The van der Waals surface area contributed by atoms with E-state index in [2.05, 4.69) is 4.98 Å². The van der Waals surface area contributed by atoms with Crippen LogP contribution in [0.1, 0.15) is 59.1 Å². The summed E-state index contributed by atoms with van der Waals surface area (Å²) in [6.07, 6.45) is -3.15. The van der Waals surface area contributed by atoms with Crippen LogP contribution < -0.4 is 4.74 Å². The second kappa shape index (κ2) is 10.9. The van der Waals surface area contributed by atoms with E-state index in [0.717, 1.165) is 18.2 Å². The van der Waals surface area contributed by atoms with Crippen molar-refractivity contribution in [3.63, 3.8) is 0 Å². The minimum atomic E-state index is -4.70. The average Bonchev–Trinajstić information content (AvgIpc) is 3.34. The Morgan fingerprint density at radius 2 is 1.76 bits per heavy atom. The zero-order valence-electron chi connectivity index (χ0n) is 19.6. The van der Waals surface area contributed by atoms with Crippen molar-refractivity contribution < 1.29 is 36.2 Å². The van der Waals surface area contributed by atoms with Gasteiger partial charge in [0.2, 0.25) is 0 Å². The maximum atomic E-state index is 13.7. The van der Waals surface area contributed by atoms with Gasteiger partial charge in [-0.05, 0) is 85.4 Å². The molecular formula is C27H21ClF5NO3. The van der Waals surface area contributed by atoms with Crippen LogP contribution in [0.25, 0.3) is 11.1 Å². The molecule has 0 aliphatic heterocycles. The fourth-order valence-electron chi connectivity index (χ4n) is 4.14. The normalized spacial score (nSPS) is 13.7. The SMILES string of the molecule is CCOC(=O)c1cc(C(F)(F)F)cc(C2=C(c3cc(Cl)ccc3OCc3ccc(F)c(F)c3)CCC2)n1. The van der Waals surface area contributed by atoms with E-state index in [1.165, 1.54) is 6.07 Å². The van der Waals surface area contributed by atoms with Gasteiger partial charge in [0, 0.05) is 10.6 Å². The lowest BCUT2D eigenvalue weighted by Gasteiger charge is -2.16. The second-order valence-electron chi connectivity index (χ2n) is 8.33. The molecule has 1 aliphatic rings. The zero-order chi connectivity index (χ0) is 26.7. The van der Waals surface area contributed by atoms with Gasteiger partial charge in [-0.2, -0.15) is 13.2 Å². The Bertz CT molecular complexity index is 1370. The maximum absolute atomic E-state index is 13.7. The third-order valence-corrected chi connectivity index (χ3v) is 6.04. The summed E-state index contributed by atoms with van der Waals surface area (Å²) in [7, 11) is 0. The van der Waals surface area contributed by atoms with Crippen molar-refractivity contribution in [2.75, 3.05) is 6.61 Å². The number of rotatable bonds is 7. The van der Waals surface area contributed by atoms with Crippen molar-refractivity contribution >= 4 is 28.7 Å². The van der Waals surface area contributed by atoms with Gasteiger partial charge in [-0.3, -0.25) is 0 Å². The number of pyridine rings is 1. The highest BCUT2D eigenvalue weighted by Gasteiger charge is 2.34. The minimum absolute atomic E-state index is 0.0110. The number of hydrogen-bond acceptors (Lipinski definition) is 4. The number of hydrogen-bond donors (Lipinski definition) is 0. The first kappa shape index (κ1) is 26.6. The van der Waals surface area contributed by atoms with E-state index < -0.39 is 35.0 Å². The van der Waals surface area contributed by atoms with Crippen LogP contribution in [0.5, 0.6) is 5.75 Å². The molecule has 0 amide bonds. The molecule has 0 atom stereocenters. The molecule has 0 fully saturated rings. The van der Waals surface area contributed by atoms with E-state index in [-0.39, 0.29) is 18.9 Å². The molecule has 0 radical (unpaired) electrons. The molecule has 0 unspecified atom stereocenters. The summed E-state index contributed by atoms with van der Waals surface area (Å²) in [6, 6.07) is 9.80. The van der Waals surface area contributed by atoms with E-state index >= 15 is 0 Å². The molecule has 194 valence electrons. The highest BCUT2D eigenvalue weighted by atomic mass is 35.5.